The molecular formula is C32H30N2O6. The molecule has 2 aromatic heterocycles. The number of fused-ring (bicyclic) bond motifs is 2. The summed E-state index contributed by atoms with van der Waals surface area (Å²) in [6.07, 6.45) is 2.84. The van der Waals surface area contributed by atoms with Crippen molar-refractivity contribution in [2.45, 2.75) is 45.8 Å². The van der Waals surface area contributed by atoms with Crippen LogP contribution in [0.2, 0.25) is 0 Å². The van der Waals surface area contributed by atoms with Crippen molar-refractivity contribution in [2.24, 2.45) is 0 Å². The van der Waals surface area contributed by atoms with Gasteiger partial charge in [-0.25, -0.2) is 14.4 Å². The molecule has 2 heterocycles. The molecular weight excluding hydrogens is 508 g/mol. The first-order valence-corrected chi connectivity index (χ1v) is 13.2. The second kappa shape index (κ2) is 11.9. The number of aryl methyl sites for hydroxylation is 2. The highest BCUT2D eigenvalue weighted by molar-refractivity contribution is 5.89. The zero-order chi connectivity index (χ0) is 28.1. The SMILES string of the molecule is CCCc1cc(=O)oc2c(C)c(OC(=O)C(Cc3c[nH]c4ccccc34)NC(=O)OCc3ccccc3)ccc12. The Labute approximate surface area is 230 Å². The lowest BCUT2D eigenvalue weighted by molar-refractivity contribution is -0.136. The summed E-state index contributed by atoms with van der Waals surface area (Å²) < 4.78 is 16.7. The van der Waals surface area contributed by atoms with Gasteiger partial charge in [0.05, 0.1) is 0 Å². The smallest absolute Gasteiger partial charge is 0.408 e. The fourth-order valence-corrected chi connectivity index (χ4v) is 4.80. The van der Waals surface area contributed by atoms with Crippen LogP contribution in [0.4, 0.5) is 4.79 Å². The van der Waals surface area contributed by atoms with E-state index in [9.17, 15) is 14.4 Å². The van der Waals surface area contributed by atoms with Crippen LogP contribution in [-0.2, 0) is 29.0 Å². The molecule has 0 radical (unpaired) electrons. The lowest BCUT2D eigenvalue weighted by atomic mass is 10.0. The number of para-hydroxylation sites is 1. The molecule has 0 bridgehead atoms. The number of nitrogens with one attached hydrogen (secondary N) is 2. The Hall–Kier alpha value is -4.85. The van der Waals surface area contributed by atoms with Crippen LogP contribution in [0.25, 0.3) is 21.9 Å². The van der Waals surface area contributed by atoms with Crippen LogP contribution in [0.5, 0.6) is 5.75 Å². The van der Waals surface area contributed by atoms with Crippen molar-refractivity contribution in [1.29, 1.82) is 0 Å². The Morgan fingerprint density at radius 1 is 0.975 bits per heavy atom. The van der Waals surface area contributed by atoms with Crippen molar-refractivity contribution >= 4 is 33.9 Å². The largest absolute Gasteiger partial charge is 0.445 e. The minimum Gasteiger partial charge on any atom is -0.445 e. The van der Waals surface area contributed by atoms with Gasteiger partial charge in [-0.2, -0.15) is 0 Å². The van der Waals surface area contributed by atoms with E-state index in [0.29, 0.717) is 11.1 Å². The molecule has 0 aliphatic rings. The minimum absolute atomic E-state index is 0.0600. The first-order valence-electron chi connectivity index (χ1n) is 13.2. The maximum absolute atomic E-state index is 13.5. The van der Waals surface area contributed by atoms with Crippen LogP contribution in [0.1, 0.15) is 35.6 Å². The first kappa shape index (κ1) is 26.7. The maximum Gasteiger partial charge on any atom is 0.408 e. The highest BCUT2D eigenvalue weighted by Crippen LogP contribution is 2.29. The molecule has 1 atom stereocenters. The van der Waals surface area contributed by atoms with E-state index in [1.165, 1.54) is 6.07 Å². The summed E-state index contributed by atoms with van der Waals surface area (Å²) in [6, 6.07) is 20.9. The molecule has 1 amide bonds. The maximum atomic E-state index is 13.5. The Morgan fingerprint density at radius 3 is 2.55 bits per heavy atom. The highest BCUT2D eigenvalue weighted by atomic mass is 16.6. The molecule has 0 saturated heterocycles. The van der Waals surface area contributed by atoms with Gasteiger partial charge in [0.15, 0.2) is 0 Å². The number of esters is 1. The molecule has 8 heteroatoms. The number of benzene rings is 3. The standard InChI is InChI=1S/C32H30N2O6/c1-3-9-22-17-29(35)40-30-20(2)28(15-14-25(22)30)39-31(36)27(16-23-18-33-26-13-8-7-12-24(23)26)34-32(37)38-19-21-10-5-4-6-11-21/h4-8,10-15,17-18,27,33H,3,9,16,19H2,1-2H3,(H,34,37). The number of aromatic amines is 1. The predicted octanol–water partition coefficient (Wildman–Crippen LogP) is 5.98. The molecule has 8 nitrogen and oxygen atoms in total. The van der Waals surface area contributed by atoms with Crippen molar-refractivity contribution in [3.63, 3.8) is 0 Å². The summed E-state index contributed by atoms with van der Waals surface area (Å²) in [4.78, 5) is 41.7. The van der Waals surface area contributed by atoms with E-state index in [-0.39, 0.29) is 18.8 Å². The number of H-pyrrole nitrogens is 1. The number of carbonyl (C=O) groups excluding carboxylic acids is 2. The van der Waals surface area contributed by atoms with E-state index < -0.39 is 23.7 Å². The van der Waals surface area contributed by atoms with E-state index in [4.69, 9.17) is 13.9 Å². The molecule has 3 aromatic carbocycles. The molecule has 5 aromatic rings. The van der Waals surface area contributed by atoms with Gasteiger partial charge in [-0.1, -0.05) is 61.9 Å². The molecule has 1 unspecified atom stereocenters. The number of rotatable bonds is 9. The quantitative estimate of drug-likeness (QED) is 0.136. The average molecular weight is 539 g/mol. The number of carbonyl (C=O) groups is 2. The Kier molecular flexibility index (Phi) is 7.96. The van der Waals surface area contributed by atoms with Crippen LogP contribution in [0, 0.1) is 6.92 Å². The molecule has 0 aliphatic heterocycles. The Bertz CT molecular complexity index is 1720. The van der Waals surface area contributed by atoms with Crippen LogP contribution in [-0.4, -0.2) is 23.1 Å². The summed E-state index contributed by atoms with van der Waals surface area (Å²) in [5.74, 6) is -0.422. The van der Waals surface area contributed by atoms with Crippen LogP contribution < -0.4 is 15.7 Å². The monoisotopic (exact) mass is 538 g/mol. The number of amides is 1. The molecule has 0 saturated carbocycles. The van der Waals surface area contributed by atoms with Gasteiger partial charge in [0, 0.05) is 40.5 Å². The fraction of sp³-hybridized carbons (Fsp3) is 0.219. The third-order valence-corrected chi connectivity index (χ3v) is 6.82. The number of aromatic nitrogens is 1. The normalized spacial score (nSPS) is 11.8. The van der Waals surface area contributed by atoms with Crippen LogP contribution in [0.15, 0.2) is 88.2 Å². The number of alkyl carbamates (subject to hydrolysis) is 1. The summed E-state index contributed by atoms with van der Waals surface area (Å²) >= 11 is 0. The molecule has 204 valence electrons. The first-order chi connectivity index (χ1) is 19.4. The van der Waals surface area contributed by atoms with Gasteiger partial charge in [-0.05, 0) is 48.2 Å². The van der Waals surface area contributed by atoms with Crippen molar-refractivity contribution < 1.29 is 23.5 Å². The summed E-state index contributed by atoms with van der Waals surface area (Å²) in [7, 11) is 0. The van der Waals surface area contributed by atoms with Crippen molar-refractivity contribution in [3.8, 4) is 5.75 Å². The zero-order valence-corrected chi connectivity index (χ0v) is 22.4. The van der Waals surface area contributed by atoms with Gasteiger partial charge in [-0.3, -0.25) is 0 Å². The molecule has 2 N–H and O–H groups in total. The van der Waals surface area contributed by atoms with Gasteiger partial charge in [0.25, 0.3) is 0 Å². The van der Waals surface area contributed by atoms with Gasteiger partial charge in [0.1, 0.15) is 24.0 Å². The summed E-state index contributed by atoms with van der Waals surface area (Å²) in [5.41, 5.74) is 3.91. The van der Waals surface area contributed by atoms with Crippen LogP contribution >= 0.6 is 0 Å². The van der Waals surface area contributed by atoms with Crippen LogP contribution in [0.3, 0.4) is 0 Å². The van der Waals surface area contributed by atoms with Gasteiger partial charge >= 0.3 is 17.7 Å². The van der Waals surface area contributed by atoms with Gasteiger partial charge in [-0.15, -0.1) is 0 Å². The predicted molar refractivity (Wildman–Crippen MR) is 152 cm³/mol. The minimum atomic E-state index is -1.05. The second-order valence-electron chi connectivity index (χ2n) is 9.65. The molecule has 40 heavy (non-hydrogen) atoms. The number of hydrogen-bond donors (Lipinski definition) is 2. The molecule has 5 rings (SSSR count). The fourth-order valence-electron chi connectivity index (χ4n) is 4.80. The summed E-state index contributed by atoms with van der Waals surface area (Å²) in [6.45, 7) is 3.83. The summed E-state index contributed by atoms with van der Waals surface area (Å²) in [5, 5.41) is 4.42. The number of hydrogen-bond acceptors (Lipinski definition) is 6. The third kappa shape index (κ3) is 5.91. The van der Waals surface area contributed by atoms with E-state index in [0.717, 1.165) is 45.8 Å². The van der Waals surface area contributed by atoms with E-state index in [1.807, 2.05) is 67.7 Å². The topological polar surface area (TPSA) is 111 Å². The van der Waals surface area contributed by atoms with Crippen molar-refractivity contribution in [3.05, 3.63) is 112 Å². The Balaban J connectivity index is 1.40. The van der Waals surface area contributed by atoms with E-state index in [2.05, 4.69) is 10.3 Å². The zero-order valence-electron chi connectivity index (χ0n) is 22.4. The third-order valence-electron chi connectivity index (χ3n) is 6.82. The van der Waals surface area contributed by atoms with Gasteiger partial charge in [0.2, 0.25) is 0 Å². The molecule has 0 fully saturated rings. The van der Waals surface area contributed by atoms with E-state index in [1.54, 1.807) is 19.1 Å². The lowest BCUT2D eigenvalue weighted by Gasteiger charge is -2.18. The lowest BCUT2D eigenvalue weighted by Crippen LogP contribution is -2.44. The number of ether oxygens (including phenoxy) is 2. The molecule has 0 spiro atoms. The second-order valence-corrected chi connectivity index (χ2v) is 9.65. The van der Waals surface area contributed by atoms with Crippen molar-refractivity contribution in [1.82, 2.24) is 10.3 Å². The highest BCUT2D eigenvalue weighted by Gasteiger charge is 2.26. The van der Waals surface area contributed by atoms with E-state index >= 15 is 0 Å². The van der Waals surface area contributed by atoms with Crippen molar-refractivity contribution in [2.75, 3.05) is 0 Å². The molecule has 0 aliphatic carbocycles. The Morgan fingerprint density at radius 2 is 1.75 bits per heavy atom. The average Bonchev–Trinajstić information content (AvgIpc) is 3.37. The van der Waals surface area contributed by atoms with Gasteiger partial charge < -0.3 is 24.2 Å².